The molecule has 9 heteroatoms. The summed E-state index contributed by atoms with van der Waals surface area (Å²) in [6.45, 7) is 2.48. The fraction of sp³-hybridized carbons (Fsp3) is 0.423. The maximum Gasteiger partial charge on any atom is 0.315 e. The van der Waals surface area contributed by atoms with E-state index in [2.05, 4.69) is 25.7 Å². The minimum absolute atomic E-state index is 0.0368. The highest BCUT2D eigenvalue weighted by Crippen LogP contribution is 2.32. The number of likely N-dealkylation sites (tertiary alicyclic amines) is 1. The van der Waals surface area contributed by atoms with E-state index in [4.69, 9.17) is 16.0 Å². The van der Waals surface area contributed by atoms with Crippen molar-refractivity contribution in [3.8, 4) is 11.5 Å². The van der Waals surface area contributed by atoms with Crippen LogP contribution in [0, 0.1) is 5.82 Å². The normalized spacial score (nSPS) is 21.0. The highest BCUT2D eigenvalue weighted by molar-refractivity contribution is 6.33. The van der Waals surface area contributed by atoms with Gasteiger partial charge in [-0.15, -0.1) is 5.10 Å². The molecule has 2 fully saturated rings. The third-order valence-corrected chi connectivity index (χ3v) is 7.24. The average Bonchev–Trinajstić information content (AvgIpc) is 3.33. The zero-order chi connectivity index (χ0) is 24.2. The van der Waals surface area contributed by atoms with E-state index in [0.29, 0.717) is 40.3 Å². The van der Waals surface area contributed by atoms with Crippen molar-refractivity contribution < 1.29 is 13.6 Å². The second kappa shape index (κ2) is 10.7. The molecular formula is C26H29ClFN5O2. The van der Waals surface area contributed by atoms with Crippen LogP contribution < -0.4 is 10.6 Å². The standard InChI is InChI=1S/C26H29ClFN5O2/c27-22-16-18(29-24(34)21-6-2-3-7-23(21)28)10-13-20(22)25-31-32-26(35-25)30-17-8-11-19(12-9-17)33-14-4-1-5-15-33/h2-3,6-7,10,13,16-17,19H,1,4-5,8-9,11-12,14-15H2,(H,29,34)(H,30,32). The third-order valence-electron chi connectivity index (χ3n) is 6.93. The topological polar surface area (TPSA) is 83.3 Å². The van der Waals surface area contributed by atoms with Gasteiger partial charge in [0.1, 0.15) is 5.82 Å². The van der Waals surface area contributed by atoms with E-state index in [0.717, 1.165) is 12.8 Å². The monoisotopic (exact) mass is 497 g/mol. The van der Waals surface area contributed by atoms with Crippen LogP contribution in [0.4, 0.5) is 16.1 Å². The van der Waals surface area contributed by atoms with Gasteiger partial charge in [-0.1, -0.05) is 35.3 Å². The summed E-state index contributed by atoms with van der Waals surface area (Å²) in [5, 5.41) is 14.7. The first-order valence-electron chi connectivity index (χ1n) is 12.3. The van der Waals surface area contributed by atoms with E-state index in [1.54, 1.807) is 24.3 Å². The molecule has 0 radical (unpaired) electrons. The van der Waals surface area contributed by atoms with Crippen molar-refractivity contribution in [2.75, 3.05) is 23.7 Å². The number of carbonyl (C=O) groups excluding carboxylic acids is 1. The Kier molecular flexibility index (Phi) is 7.29. The molecule has 5 rings (SSSR count). The Morgan fingerprint density at radius 1 is 1.03 bits per heavy atom. The van der Waals surface area contributed by atoms with Gasteiger partial charge in [0.15, 0.2) is 0 Å². The highest BCUT2D eigenvalue weighted by atomic mass is 35.5. The van der Waals surface area contributed by atoms with Crippen LogP contribution in [0.1, 0.15) is 55.3 Å². The van der Waals surface area contributed by atoms with Crippen LogP contribution >= 0.6 is 11.6 Å². The van der Waals surface area contributed by atoms with Gasteiger partial charge in [-0.3, -0.25) is 4.79 Å². The number of nitrogens with one attached hydrogen (secondary N) is 2. The van der Waals surface area contributed by atoms with Crippen LogP contribution in [0.25, 0.3) is 11.5 Å². The summed E-state index contributed by atoms with van der Waals surface area (Å²) in [7, 11) is 0. The lowest BCUT2D eigenvalue weighted by Crippen LogP contribution is -2.43. The summed E-state index contributed by atoms with van der Waals surface area (Å²) in [5.74, 6) is -0.837. The first-order chi connectivity index (χ1) is 17.1. The Hall–Kier alpha value is -2.97. The van der Waals surface area contributed by atoms with E-state index in [1.165, 1.54) is 63.4 Å². The molecule has 0 bridgehead atoms. The van der Waals surface area contributed by atoms with Crippen LogP contribution in [0.15, 0.2) is 46.9 Å². The Labute approximate surface area is 209 Å². The summed E-state index contributed by atoms with van der Waals surface area (Å²) in [5.41, 5.74) is 0.963. The first kappa shape index (κ1) is 23.8. The molecular weight excluding hydrogens is 469 g/mol. The number of carbonyl (C=O) groups is 1. The largest absolute Gasteiger partial charge is 0.403 e. The molecule has 1 saturated carbocycles. The second-order valence-corrected chi connectivity index (χ2v) is 9.69. The fourth-order valence-electron chi connectivity index (χ4n) is 5.04. The van der Waals surface area contributed by atoms with Crippen molar-refractivity contribution in [2.24, 2.45) is 0 Å². The minimum atomic E-state index is -0.585. The SMILES string of the molecule is O=C(Nc1ccc(-c2nnc(NC3CCC(N4CCCCC4)CC3)o2)c(Cl)c1)c1ccccc1F. The van der Waals surface area contributed by atoms with Gasteiger partial charge < -0.3 is 20.0 Å². The number of aromatic nitrogens is 2. The number of amides is 1. The van der Waals surface area contributed by atoms with E-state index in [-0.39, 0.29) is 5.56 Å². The molecule has 0 unspecified atom stereocenters. The predicted molar refractivity (Wildman–Crippen MR) is 134 cm³/mol. The van der Waals surface area contributed by atoms with Crippen molar-refractivity contribution >= 4 is 29.2 Å². The zero-order valence-corrected chi connectivity index (χ0v) is 20.2. The number of hydrogen-bond donors (Lipinski definition) is 2. The van der Waals surface area contributed by atoms with Crippen molar-refractivity contribution in [1.29, 1.82) is 0 Å². The summed E-state index contributed by atoms with van der Waals surface area (Å²) in [4.78, 5) is 15.0. The zero-order valence-electron chi connectivity index (χ0n) is 19.5. The van der Waals surface area contributed by atoms with Gasteiger partial charge in [0.25, 0.3) is 11.8 Å². The van der Waals surface area contributed by atoms with Crippen LogP contribution in [0.3, 0.4) is 0 Å². The van der Waals surface area contributed by atoms with Crippen molar-refractivity contribution in [1.82, 2.24) is 15.1 Å². The number of rotatable bonds is 6. The molecule has 3 aromatic rings. The van der Waals surface area contributed by atoms with Gasteiger partial charge in [-0.05, 0) is 81.9 Å². The molecule has 184 valence electrons. The van der Waals surface area contributed by atoms with E-state index >= 15 is 0 Å². The van der Waals surface area contributed by atoms with E-state index in [9.17, 15) is 9.18 Å². The Morgan fingerprint density at radius 3 is 2.54 bits per heavy atom. The third kappa shape index (κ3) is 5.65. The summed E-state index contributed by atoms with van der Waals surface area (Å²) in [6, 6.07) is 12.1. The molecule has 1 aromatic heterocycles. The quantitative estimate of drug-likeness (QED) is 0.435. The minimum Gasteiger partial charge on any atom is -0.403 e. The lowest BCUT2D eigenvalue weighted by Gasteiger charge is -2.38. The average molecular weight is 498 g/mol. The van der Waals surface area contributed by atoms with E-state index in [1.807, 2.05) is 0 Å². The molecule has 2 N–H and O–H groups in total. The lowest BCUT2D eigenvalue weighted by atomic mass is 9.89. The molecule has 2 heterocycles. The number of anilines is 2. The molecule has 7 nitrogen and oxygen atoms in total. The number of nitrogens with zero attached hydrogens (tertiary/aromatic N) is 3. The maximum atomic E-state index is 13.9. The molecule has 1 amide bonds. The Bertz CT molecular complexity index is 1170. The van der Waals surface area contributed by atoms with Crippen molar-refractivity contribution in [3.05, 3.63) is 58.9 Å². The lowest BCUT2D eigenvalue weighted by molar-refractivity contribution is 0.102. The summed E-state index contributed by atoms with van der Waals surface area (Å²) in [6.07, 6.45) is 8.54. The van der Waals surface area contributed by atoms with Gasteiger partial charge in [-0.2, -0.15) is 0 Å². The number of piperidine rings is 1. The van der Waals surface area contributed by atoms with Crippen LogP contribution in [-0.4, -0.2) is 46.2 Å². The van der Waals surface area contributed by atoms with Crippen molar-refractivity contribution in [2.45, 2.75) is 57.0 Å². The number of benzene rings is 2. The predicted octanol–water partition coefficient (Wildman–Crippen LogP) is 5.99. The van der Waals surface area contributed by atoms with E-state index < -0.39 is 11.7 Å². The molecule has 2 aromatic carbocycles. The molecule has 1 aliphatic heterocycles. The van der Waals surface area contributed by atoms with Gasteiger partial charge in [-0.25, -0.2) is 4.39 Å². The Balaban J connectivity index is 1.18. The molecule has 0 spiro atoms. The fourth-order valence-corrected chi connectivity index (χ4v) is 5.31. The van der Waals surface area contributed by atoms with Crippen LogP contribution in [0.5, 0.6) is 0 Å². The van der Waals surface area contributed by atoms with Crippen LogP contribution in [0.2, 0.25) is 5.02 Å². The summed E-state index contributed by atoms with van der Waals surface area (Å²) >= 11 is 6.44. The Morgan fingerprint density at radius 2 is 1.80 bits per heavy atom. The highest BCUT2D eigenvalue weighted by Gasteiger charge is 2.27. The maximum absolute atomic E-state index is 13.9. The molecule has 35 heavy (non-hydrogen) atoms. The van der Waals surface area contributed by atoms with Crippen LogP contribution in [-0.2, 0) is 0 Å². The first-order valence-corrected chi connectivity index (χ1v) is 12.6. The van der Waals surface area contributed by atoms with Gasteiger partial charge in [0.05, 0.1) is 16.1 Å². The number of hydrogen-bond acceptors (Lipinski definition) is 6. The van der Waals surface area contributed by atoms with Crippen molar-refractivity contribution in [3.63, 3.8) is 0 Å². The molecule has 0 atom stereocenters. The van der Waals surface area contributed by atoms with Gasteiger partial charge in [0.2, 0.25) is 0 Å². The van der Waals surface area contributed by atoms with Gasteiger partial charge >= 0.3 is 6.01 Å². The molecule has 1 aliphatic carbocycles. The summed E-state index contributed by atoms with van der Waals surface area (Å²) < 4.78 is 19.7. The smallest absolute Gasteiger partial charge is 0.315 e. The number of halogens is 2. The molecule has 2 aliphatic rings. The second-order valence-electron chi connectivity index (χ2n) is 9.29. The molecule has 1 saturated heterocycles. The van der Waals surface area contributed by atoms with Gasteiger partial charge in [0, 0.05) is 17.8 Å².